The van der Waals surface area contributed by atoms with Gasteiger partial charge >= 0.3 is 0 Å². The topological polar surface area (TPSA) is 77.2 Å². The fourth-order valence-electron chi connectivity index (χ4n) is 5.36. The molecule has 0 bridgehead atoms. The average Bonchev–Trinajstić information content (AvgIpc) is 3.86. The van der Waals surface area contributed by atoms with Gasteiger partial charge in [0.25, 0.3) is 5.91 Å². The molecule has 0 aliphatic heterocycles. The number of aromatic nitrogens is 2. The highest BCUT2D eigenvalue weighted by atomic mass is 35.5. The van der Waals surface area contributed by atoms with Gasteiger partial charge in [-0.25, -0.2) is 0 Å². The summed E-state index contributed by atoms with van der Waals surface area (Å²) < 4.78 is 12.0. The Morgan fingerprint density at radius 2 is 1.88 bits per heavy atom. The predicted octanol–water partition coefficient (Wildman–Crippen LogP) is 8.35. The molecule has 2 aliphatic carbocycles. The molecule has 0 spiro atoms. The van der Waals surface area contributed by atoms with E-state index in [-0.39, 0.29) is 23.8 Å². The Morgan fingerprint density at radius 1 is 1.10 bits per heavy atom. The van der Waals surface area contributed by atoms with Crippen molar-refractivity contribution in [1.29, 1.82) is 0 Å². The molecule has 4 aromatic rings. The Morgan fingerprint density at radius 3 is 2.58 bits per heavy atom. The van der Waals surface area contributed by atoms with Gasteiger partial charge < -0.3 is 14.6 Å². The molecule has 40 heavy (non-hydrogen) atoms. The van der Waals surface area contributed by atoms with E-state index in [1.165, 1.54) is 0 Å². The van der Waals surface area contributed by atoms with Crippen LogP contribution in [0.4, 0.5) is 0 Å². The minimum atomic E-state index is -0.147. The molecule has 9 heteroatoms. The average molecular weight is 597 g/mol. The first kappa shape index (κ1) is 27.1. The summed E-state index contributed by atoms with van der Waals surface area (Å²) in [5, 5.41) is 8.83. The minimum Gasteiger partial charge on any atom is -0.489 e. The zero-order valence-electron chi connectivity index (χ0n) is 22.1. The standard InChI is InChI=1S/C31H28Cl3N3O3/c1-3-36-30(38)18-11-19(15-35-14-18)31(2)13-23(31)21-10-9-20(12-26(21)34)39-16-22-28(37-40-29(22)17-7-8-17)27-24(32)5-4-6-25(27)33/h4-6,9-12,14-15,17,23H,3,7-8,13,16H2,1-2H3,(H,36,38). The molecular formula is C31H28Cl3N3O3. The number of halogens is 3. The number of nitrogens with one attached hydrogen (secondary N) is 1. The van der Waals surface area contributed by atoms with Crippen LogP contribution in [0.15, 0.2) is 59.4 Å². The summed E-state index contributed by atoms with van der Waals surface area (Å²) in [6, 6.07) is 13.1. The molecule has 2 fully saturated rings. The van der Waals surface area contributed by atoms with Crippen LogP contribution in [-0.4, -0.2) is 22.6 Å². The molecule has 1 amide bonds. The van der Waals surface area contributed by atoms with E-state index in [0.29, 0.717) is 50.1 Å². The second-order valence-corrected chi connectivity index (χ2v) is 11.9. The van der Waals surface area contributed by atoms with Crippen LogP contribution in [0, 0.1) is 0 Å². The highest BCUT2D eigenvalue weighted by Crippen LogP contribution is 2.61. The van der Waals surface area contributed by atoms with Crippen LogP contribution in [0.2, 0.25) is 15.1 Å². The molecule has 2 atom stereocenters. The van der Waals surface area contributed by atoms with Gasteiger partial charge in [0, 0.05) is 40.9 Å². The van der Waals surface area contributed by atoms with Crippen LogP contribution in [0.5, 0.6) is 5.75 Å². The van der Waals surface area contributed by atoms with Crippen LogP contribution in [0.1, 0.15) is 77.8 Å². The third kappa shape index (κ3) is 5.09. The summed E-state index contributed by atoms with van der Waals surface area (Å²) >= 11 is 19.8. The first-order valence-corrected chi connectivity index (χ1v) is 14.5. The van der Waals surface area contributed by atoms with Gasteiger partial charge in [0.15, 0.2) is 0 Å². The highest BCUT2D eigenvalue weighted by Gasteiger charge is 2.53. The van der Waals surface area contributed by atoms with E-state index in [1.807, 2.05) is 37.4 Å². The van der Waals surface area contributed by atoms with Crippen LogP contribution in [-0.2, 0) is 12.0 Å². The summed E-state index contributed by atoms with van der Waals surface area (Å²) in [6.45, 7) is 4.90. The van der Waals surface area contributed by atoms with E-state index in [4.69, 9.17) is 44.1 Å². The number of carbonyl (C=O) groups is 1. The lowest BCUT2D eigenvalue weighted by molar-refractivity contribution is 0.0955. The lowest BCUT2D eigenvalue weighted by atomic mass is 9.93. The van der Waals surface area contributed by atoms with E-state index in [0.717, 1.165) is 41.7 Å². The summed E-state index contributed by atoms with van der Waals surface area (Å²) in [7, 11) is 0. The van der Waals surface area contributed by atoms with Gasteiger partial charge in [-0.15, -0.1) is 0 Å². The van der Waals surface area contributed by atoms with Gasteiger partial charge in [0.1, 0.15) is 23.8 Å². The second-order valence-electron chi connectivity index (χ2n) is 10.7. The van der Waals surface area contributed by atoms with E-state index in [9.17, 15) is 4.79 Å². The van der Waals surface area contributed by atoms with Crippen LogP contribution >= 0.6 is 34.8 Å². The highest BCUT2D eigenvalue weighted by molar-refractivity contribution is 6.39. The number of hydrogen-bond donors (Lipinski definition) is 1. The maximum Gasteiger partial charge on any atom is 0.252 e. The zero-order chi connectivity index (χ0) is 28.0. The van der Waals surface area contributed by atoms with Crippen molar-refractivity contribution in [3.63, 3.8) is 0 Å². The molecular weight excluding hydrogens is 569 g/mol. The molecule has 2 aromatic carbocycles. The smallest absolute Gasteiger partial charge is 0.252 e. The Hall–Kier alpha value is -3.06. The second kappa shape index (κ2) is 10.7. The van der Waals surface area contributed by atoms with E-state index >= 15 is 0 Å². The third-order valence-corrected chi connectivity index (χ3v) is 8.89. The number of benzene rings is 2. The Bertz CT molecular complexity index is 1580. The third-order valence-electron chi connectivity index (χ3n) is 7.93. The Labute approximate surface area is 248 Å². The predicted molar refractivity (Wildman–Crippen MR) is 157 cm³/mol. The van der Waals surface area contributed by atoms with Crippen LogP contribution in [0.3, 0.4) is 0 Å². The molecule has 0 radical (unpaired) electrons. The number of pyridine rings is 1. The lowest BCUT2D eigenvalue weighted by Crippen LogP contribution is -2.23. The minimum absolute atomic E-state index is 0.116. The number of amides is 1. The van der Waals surface area contributed by atoms with Crippen molar-refractivity contribution >= 4 is 40.7 Å². The van der Waals surface area contributed by atoms with Gasteiger partial charge in [0.05, 0.1) is 21.2 Å². The maximum atomic E-state index is 12.3. The number of rotatable bonds is 9. The largest absolute Gasteiger partial charge is 0.489 e. The molecule has 6 rings (SSSR count). The molecule has 6 nitrogen and oxygen atoms in total. The normalized spacial score (nSPS) is 19.9. The Kier molecular flexibility index (Phi) is 7.28. The van der Waals surface area contributed by atoms with Crippen molar-refractivity contribution < 1.29 is 14.1 Å². The quantitative estimate of drug-likeness (QED) is 0.210. The molecule has 2 saturated carbocycles. The fraction of sp³-hybridized carbons (Fsp3) is 0.323. The van der Waals surface area contributed by atoms with Gasteiger partial charge in [-0.1, -0.05) is 59.0 Å². The number of nitrogens with zero attached hydrogens (tertiary/aromatic N) is 2. The summed E-state index contributed by atoms with van der Waals surface area (Å²) in [5.41, 5.74) is 4.61. The molecule has 206 valence electrons. The van der Waals surface area contributed by atoms with Gasteiger partial charge in [-0.3, -0.25) is 9.78 Å². The number of hydrogen-bond acceptors (Lipinski definition) is 5. The Balaban J connectivity index is 1.21. The van der Waals surface area contributed by atoms with Crippen molar-refractivity contribution in [1.82, 2.24) is 15.5 Å². The molecule has 2 aromatic heterocycles. The molecule has 2 heterocycles. The lowest BCUT2D eigenvalue weighted by Gasteiger charge is -2.15. The monoisotopic (exact) mass is 595 g/mol. The van der Waals surface area contributed by atoms with Crippen molar-refractivity contribution in [2.24, 2.45) is 0 Å². The molecule has 2 unspecified atom stereocenters. The van der Waals surface area contributed by atoms with Gasteiger partial charge in [0.2, 0.25) is 0 Å². The van der Waals surface area contributed by atoms with Crippen molar-refractivity contribution in [2.75, 3.05) is 6.54 Å². The van der Waals surface area contributed by atoms with Gasteiger partial charge in [-0.05, 0) is 73.6 Å². The SMILES string of the molecule is CCNC(=O)c1cncc(C2(C)CC2c2ccc(OCc3c(-c4c(Cl)cccc4Cl)noc3C3CC3)cc2Cl)c1. The van der Waals surface area contributed by atoms with Crippen molar-refractivity contribution in [3.05, 3.63) is 97.9 Å². The van der Waals surface area contributed by atoms with E-state index in [1.54, 1.807) is 24.4 Å². The van der Waals surface area contributed by atoms with Crippen molar-refractivity contribution in [2.45, 2.75) is 57.0 Å². The molecule has 2 aliphatic rings. The number of carbonyl (C=O) groups excluding carboxylic acids is 1. The number of ether oxygens (including phenoxy) is 1. The first-order chi connectivity index (χ1) is 19.3. The first-order valence-electron chi connectivity index (χ1n) is 13.4. The van der Waals surface area contributed by atoms with Crippen LogP contribution in [0.25, 0.3) is 11.3 Å². The fourth-order valence-corrected chi connectivity index (χ4v) is 6.24. The van der Waals surface area contributed by atoms with Crippen molar-refractivity contribution in [3.8, 4) is 17.0 Å². The molecule has 1 N–H and O–H groups in total. The van der Waals surface area contributed by atoms with E-state index < -0.39 is 0 Å². The summed E-state index contributed by atoms with van der Waals surface area (Å²) in [5.74, 6) is 1.91. The zero-order valence-corrected chi connectivity index (χ0v) is 24.4. The molecule has 0 saturated heterocycles. The summed E-state index contributed by atoms with van der Waals surface area (Å²) in [4.78, 5) is 16.6. The maximum absolute atomic E-state index is 12.3. The summed E-state index contributed by atoms with van der Waals surface area (Å²) in [6.07, 6.45) is 6.47. The van der Waals surface area contributed by atoms with Gasteiger partial charge in [-0.2, -0.15) is 0 Å². The van der Waals surface area contributed by atoms with Crippen LogP contribution < -0.4 is 10.1 Å². The van der Waals surface area contributed by atoms with E-state index in [2.05, 4.69) is 22.4 Å².